The van der Waals surface area contributed by atoms with Gasteiger partial charge in [0.05, 0.1) is 7.11 Å². The minimum atomic E-state index is -1.06. The number of rotatable bonds is 5. The number of carbonyl (C=O) groups is 2. The van der Waals surface area contributed by atoms with Crippen LogP contribution in [0.3, 0.4) is 0 Å². The maximum absolute atomic E-state index is 13.2. The molecular weight excluding hydrogens is 338 g/mol. The fourth-order valence-corrected chi connectivity index (χ4v) is 3.72. The molecule has 1 N–H and O–H groups in total. The highest BCUT2D eigenvalue weighted by atomic mass is 16.5. The van der Waals surface area contributed by atoms with E-state index in [0.717, 1.165) is 16.8 Å². The van der Waals surface area contributed by atoms with E-state index in [2.05, 4.69) is 5.32 Å². The van der Waals surface area contributed by atoms with Gasteiger partial charge in [-0.05, 0) is 29.3 Å². The van der Waals surface area contributed by atoms with Crippen molar-refractivity contribution >= 4 is 17.4 Å². The molecule has 0 radical (unpaired) electrons. The van der Waals surface area contributed by atoms with Gasteiger partial charge in [-0.2, -0.15) is 0 Å². The summed E-state index contributed by atoms with van der Waals surface area (Å²) in [6.07, 6.45) is 0.0617. The second kappa shape index (κ2) is 6.72. The number of nitrogens with one attached hydrogen (secondary N) is 1. The lowest BCUT2D eigenvalue weighted by Crippen LogP contribution is -2.38. The van der Waals surface area contributed by atoms with Crippen molar-refractivity contribution in [2.75, 3.05) is 12.4 Å². The van der Waals surface area contributed by atoms with E-state index in [-0.39, 0.29) is 18.1 Å². The van der Waals surface area contributed by atoms with Crippen LogP contribution in [0, 0.1) is 0 Å². The van der Waals surface area contributed by atoms with Gasteiger partial charge in [0.25, 0.3) is 0 Å². The highest BCUT2D eigenvalue weighted by Crippen LogP contribution is 2.46. The molecular formula is C23H19NO3. The first-order valence-corrected chi connectivity index (χ1v) is 8.79. The van der Waals surface area contributed by atoms with Crippen LogP contribution in [-0.2, 0) is 10.2 Å². The van der Waals surface area contributed by atoms with E-state index in [9.17, 15) is 9.59 Å². The Morgan fingerprint density at radius 2 is 1.59 bits per heavy atom. The van der Waals surface area contributed by atoms with Gasteiger partial charge in [0.1, 0.15) is 11.2 Å². The predicted octanol–water partition coefficient (Wildman–Crippen LogP) is 4.21. The second-order valence-corrected chi connectivity index (χ2v) is 6.60. The van der Waals surface area contributed by atoms with Gasteiger partial charge in [-0.15, -0.1) is 0 Å². The number of hydrogen-bond acceptors (Lipinski definition) is 3. The third kappa shape index (κ3) is 2.79. The molecule has 0 spiro atoms. The number of para-hydroxylation sites is 1. The molecule has 3 aromatic carbocycles. The summed E-state index contributed by atoms with van der Waals surface area (Å²) in [5.41, 5.74) is 1.89. The third-order valence-electron chi connectivity index (χ3n) is 5.13. The Bertz CT molecular complexity index is 996. The molecule has 0 bridgehead atoms. The molecule has 4 nitrogen and oxygen atoms in total. The maximum atomic E-state index is 13.2. The number of anilines is 1. The van der Waals surface area contributed by atoms with Gasteiger partial charge < -0.3 is 10.1 Å². The monoisotopic (exact) mass is 357 g/mol. The number of ether oxygens (including phenoxy) is 1. The molecule has 1 atom stereocenters. The lowest BCUT2D eigenvalue weighted by molar-refractivity contribution is -0.119. The molecule has 1 heterocycles. The molecule has 134 valence electrons. The van der Waals surface area contributed by atoms with Gasteiger partial charge in [-0.1, -0.05) is 60.7 Å². The van der Waals surface area contributed by atoms with Gasteiger partial charge in [0.15, 0.2) is 5.78 Å². The number of carbonyl (C=O) groups excluding carboxylic acids is 2. The minimum Gasteiger partial charge on any atom is -0.497 e. The lowest BCUT2D eigenvalue weighted by Gasteiger charge is -2.28. The van der Waals surface area contributed by atoms with Crippen molar-refractivity contribution in [3.8, 4) is 5.75 Å². The fraction of sp³-hybridized carbons (Fsp3) is 0.130. The van der Waals surface area contributed by atoms with Gasteiger partial charge in [0, 0.05) is 17.7 Å². The number of Topliss-reactive ketones (excluding diaryl/α,β-unsaturated/α-hetero) is 1. The van der Waals surface area contributed by atoms with Gasteiger partial charge in [-0.25, -0.2) is 0 Å². The van der Waals surface area contributed by atoms with Crippen LogP contribution in [-0.4, -0.2) is 18.8 Å². The Labute approximate surface area is 157 Å². The van der Waals surface area contributed by atoms with Crippen molar-refractivity contribution in [3.63, 3.8) is 0 Å². The summed E-state index contributed by atoms with van der Waals surface area (Å²) < 4.78 is 5.24. The molecule has 1 aliphatic heterocycles. The van der Waals surface area contributed by atoms with Crippen molar-refractivity contribution < 1.29 is 14.3 Å². The molecule has 4 heteroatoms. The third-order valence-corrected chi connectivity index (χ3v) is 5.13. The number of amides is 1. The molecule has 27 heavy (non-hydrogen) atoms. The van der Waals surface area contributed by atoms with Crippen molar-refractivity contribution in [2.45, 2.75) is 11.8 Å². The zero-order chi connectivity index (χ0) is 18.9. The summed E-state index contributed by atoms with van der Waals surface area (Å²) in [5, 5.41) is 2.95. The first kappa shape index (κ1) is 17.0. The van der Waals surface area contributed by atoms with Crippen LogP contribution in [0.4, 0.5) is 5.69 Å². The summed E-state index contributed by atoms with van der Waals surface area (Å²) in [4.78, 5) is 26.2. The molecule has 4 rings (SSSR count). The fourth-order valence-electron chi connectivity index (χ4n) is 3.72. The average molecular weight is 357 g/mol. The highest BCUT2D eigenvalue weighted by molar-refractivity contribution is 6.12. The largest absolute Gasteiger partial charge is 0.497 e. The van der Waals surface area contributed by atoms with Crippen LogP contribution in [0.2, 0.25) is 0 Å². The summed E-state index contributed by atoms with van der Waals surface area (Å²) >= 11 is 0. The smallest absolute Gasteiger partial charge is 0.240 e. The molecule has 0 aliphatic carbocycles. The van der Waals surface area contributed by atoms with Gasteiger partial charge in [0.2, 0.25) is 5.91 Å². The van der Waals surface area contributed by atoms with Crippen LogP contribution < -0.4 is 10.1 Å². The number of methoxy groups -OCH3 is 1. The van der Waals surface area contributed by atoms with E-state index in [1.165, 1.54) is 0 Å². The van der Waals surface area contributed by atoms with Crippen molar-refractivity contribution in [1.29, 1.82) is 0 Å². The van der Waals surface area contributed by atoms with Crippen LogP contribution in [0.15, 0.2) is 78.9 Å². The minimum absolute atomic E-state index is 0.0617. The Morgan fingerprint density at radius 1 is 0.926 bits per heavy atom. The molecule has 0 unspecified atom stereocenters. The van der Waals surface area contributed by atoms with E-state index < -0.39 is 5.41 Å². The maximum Gasteiger partial charge on any atom is 0.240 e. The topological polar surface area (TPSA) is 55.4 Å². The van der Waals surface area contributed by atoms with E-state index in [4.69, 9.17) is 4.74 Å². The first-order chi connectivity index (χ1) is 13.1. The number of ketones is 1. The van der Waals surface area contributed by atoms with Crippen LogP contribution in [0.5, 0.6) is 5.75 Å². The zero-order valence-electron chi connectivity index (χ0n) is 14.9. The highest BCUT2D eigenvalue weighted by Gasteiger charge is 2.49. The predicted molar refractivity (Wildman–Crippen MR) is 104 cm³/mol. The molecule has 0 fully saturated rings. The zero-order valence-corrected chi connectivity index (χ0v) is 14.9. The van der Waals surface area contributed by atoms with Gasteiger partial charge >= 0.3 is 0 Å². The van der Waals surface area contributed by atoms with E-state index >= 15 is 0 Å². The van der Waals surface area contributed by atoms with E-state index in [1.54, 1.807) is 19.2 Å². The molecule has 1 amide bonds. The van der Waals surface area contributed by atoms with Crippen molar-refractivity contribution in [1.82, 2.24) is 0 Å². The molecule has 1 aliphatic rings. The SMILES string of the molecule is COc1ccc([C@]2(CC(=O)c3ccccc3)C(=O)Nc3ccccc32)cc1. The number of fused-ring (bicyclic) bond motifs is 1. The molecule has 0 aromatic heterocycles. The second-order valence-electron chi connectivity index (χ2n) is 6.60. The Morgan fingerprint density at radius 3 is 2.30 bits per heavy atom. The van der Waals surface area contributed by atoms with Crippen LogP contribution in [0.25, 0.3) is 0 Å². The van der Waals surface area contributed by atoms with Crippen LogP contribution >= 0.6 is 0 Å². The van der Waals surface area contributed by atoms with Crippen molar-refractivity contribution in [2.24, 2.45) is 0 Å². The summed E-state index contributed by atoms with van der Waals surface area (Å²) in [5.74, 6) is 0.450. The first-order valence-electron chi connectivity index (χ1n) is 8.79. The summed E-state index contributed by atoms with van der Waals surface area (Å²) in [6.45, 7) is 0. The molecule has 0 saturated carbocycles. The number of hydrogen-bond donors (Lipinski definition) is 1. The standard InChI is InChI=1S/C23H19NO3/c1-27-18-13-11-17(12-14-18)23(15-21(25)16-7-3-2-4-8-16)19-9-5-6-10-20(19)24-22(23)26/h2-14H,15H2,1H3,(H,24,26)/t23-/m0/s1. The van der Waals surface area contributed by atoms with Crippen LogP contribution in [0.1, 0.15) is 27.9 Å². The summed E-state index contributed by atoms with van der Waals surface area (Å²) in [7, 11) is 1.60. The van der Waals surface area contributed by atoms with Crippen molar-refractivity contribution in [3.05, 3.63) is 95.6 Å². The van der Waals surface area contributed by atoms with Gasteiger partial charge in [-0.3, -0.25) is 9.59 Å². The van der Waals surface area contributed by atoms with E-state index in [0.29, 0.717) is 11.3 Å². The van der Waals surface area contributed by atoms with E-state index in [1.807, 2.05) is 66.7 Å². The Kier molecular flexibility index (Phi) is 4.24. The normalized spacial score (nSPS) is 17.9. The quantitative estimate of drug-likeness (QED) is 0.696. The molecule has 3 aromatic rings. The average Bonchev–Trinajstić information content (AvgIpc) is 3.01. The lowest BCUT2D eigenvalue weighted by atomic mass is 9.71. The molecule has 0 saturated heterocycles. The Balaban J connectivity index is 1.85. The number of benzene rings is 3. The summed E-state index contributed by atoms with van der Waals surface area (Å²) in [6, 6.07) is 24.0. The Hall–Kier alpha value is -3.40.